The van der Waals surface area contributed by atoms with E-state index in [1.807, 2.05) is 11.8 Å². The lowest BCUT2D eigenvalue weighted by Crippen LogP contribution is -2.26. The van der Waals surface area contributed by atoms with Gasteiger partial charge in [0, 0.05) is 17.6 Å². The lowest BCUT2D eigenvalue weighted by Gasteiger charge is -2.18. The van der Waals surface area contributed by atoms with Gasteiger partial charge < -0.3 is 9.73 Å². The summed E-state index contributed by atoms with van der Waals surface area (Å²) in [4.78, 5) is 0. The Morgan fingerprint density at radius 1 is 1.06 bits per heavy atom. The molecule has 3 rings (SSSR count). The highest BCUT2D eigenvalue weighted by Crippen LogP contribution is 2.33. The number of nitrogens with one attached hydrogen (secondary N) is 1. The molecule has 0 saturated carbocycles. The summed E-state index contributed by atoms with van der Waals surface area (Å²) < 4.78 is 5.84. The number of hydrogen-bond acceptors (Lipinski definition) is 5. The average Bonchev–Trinajstić information content (AvgIpc) is 3.01. The maximum absolute atomic E-state index is 5.84. The van der Waals surface area contributed by atoms with E-state index < -0.39 is 0 Å². The number of hydrogen-bond donors (Lipinski definition) is 1. The standard InChI is InChI=1S/C11H17N3OS/c1-4-12-5-2-8(1)10-13-14-11(15-10)9-3-6-16-7-9/h8-9,12H,1-7H2. The SMILES string of the molecule is C1CC(c2nnc(C3CCSC3)o2)CCN1. The average molecular weight is 239 g/mol. The molecule has 2 saturated heterocycles. The van der Waals surface area contributed by atoms with Gasteiger partial charge in [0.1, 0.15) is 0 Å². The number of rotatable bonds is 2. The first-order valence-electron chi connectivity index (χ1n) is 6.05. The van der Waals surface area contributed by atoms with Crippen molar-refractivity contribution in [3.63, 3.8) is 0 Å². The lowest BCUT2D eigenvalue weighted by atomic mass is 9.98. The topological polar surface area (TPSA) is 51.0 Å². The zero-order chi connectivity index (χ0) is 10.8. The minimum atomic E-state index is 0.483. The van der Waals surface area contributed by atoms with Gasteiger partial charge in [-0.3, -0.25) is 0 Å². The Kier molecular flexibility index (Phi) is 3.15. The Balaban J connectivity index is 1.71. The maximum Gasteiger partial charge on any atom is 0.220 e. The molecule has 0 radical (unpaired) electrons. The van der Waals surface area contributed by atoms with Gasteiger partial charge in [-0.1, -0.05) is 0 Å². The van der Waals surface area contributed by atoms with Gasteiger partial charge in [0.2, 0.25) is 11.8 Å². The molecule has 2 aliphatic heterocycles. The van der Waals surface area contributed by atoms with Gasteiger partial charge in [0.05, 0.1) is 0 Å². The first-order valence-corrected chi connectivity index (χ1v) is 7.20. The molecular formula is C11H17N3OS. The predicted molar refractivity (Wildman–Crippen MR) is 63.8 cm³/mol. The van der Waals surface area contributed by atoms with Gasteiger partial charge in [0.25, 0.3) is 0 Å². The maximum atomic E-state index is 5.84. The van der Waals surface area contributed by atoms with Crippen LogP contribution in [0.5, 0.6) is 0 Å². The van der Waals surface area contributed by atoms with Crippen molar-refractivity contribution in [3.05, 3.63) is 11.8 Å². The number of piperidine rings is 1. The Labute approximate surface area is 99.6 Å². The molecule has 88 valence electrons. The van der Waals surface area contributed by atoms with E-state index in [-0.39, 0.29) is 0 Å². The second-order valence-corrected chi connectivity index (χ2v) is 5.71. The Morgan fingerprint density at radius 3 is 2.50 bits per heavy atom. The van der Waals surface area contributed by atoms with Gasteiger partial charge in [-0.05, 0) is 38.1 Å². The van der Waals surface area contributed by atoms with Crippen molar-refractivity contribution >= 4 is 11.8 Å². The molecule has 4 nitrogen and oxygen atoms in total. The summed E-state index contributed by atoms with van der Waals surface area (Å²) in [6, 6.07) is 0. The summed E-state index contributed by atoms with van der Waals surface area (Å²) >= 11 is 1.98. The van der Waals surface area contributed by atoms with Crippen molar-refractivity contribution in [1.29, 1.82) is 0 Å². The largest absolute Gasteiger partial charge is 0.425 e. The molecule has 0 spiro atoms. The predicted octanol–water partition coefficient (Wildman–Crippen LogP) is 1.76. The van der Waals surface area contributed by atoms with Crippen LogP contribution in [0.2, 0.25) is 0 Å². The molecule has 0 aromatic carbocycles. The van der Waals surface area contributed by atoms with Gasteiger partial charge in [-0.15, -0.1) is 10.2 Å². The van der Waals surface area contributed by atoms with E-state index >= 15 is 0 Å². The number of thioether (sulfide) groups is 1. The minimum Gasteiger partial charge on any atom is -0.425 e. The molecule has 0 aliphatic carbocycles. The Bertz CT molecular complexity index is 343. The first-order chi connectivity index (χ1) is 7.93. The van der Waals surface area contributed by atoms with Crippen molar-refractivity contribution in [1.82, 2.24) is 15.5 Å². The van der Waals surface area contributed by atoms with Gasteiger partial charge >= 0.3 is 0 Å². The van der Waals surface area contributed by atoms with Crippen LogP contribution in [0.4, 0.5) is 0 Å². The molecule has 2 aliphatic rings. The smallest absolute Gasteiger partial charge is 0.220 e. The lowest BCUT2D eigenvalue weighted by molar-refractivity contribution is 0.352. The molecule has 1 unspecified atom stereocenters. The number of nitrogens with zero attached hydrogens (tertiary/aromatic N) is 2. The minimum absolute atomic E-state index is 0.483. The molecule has 16 heavy (non-hydrogen) atoms. The zero-order valence-corrected chi connectivity index (χ0v) is 10.1. The van der Waals surface area contributed by atoms with Crippen LogP contribution in [0.15, 0.2) is 4.42 Å². The third kappa shape index (κ3) is 2.11. The van der Waals surface area contributed by atoms with Crippen LogP contribution in [-0.2, 0) is 0 Å². The van der Waals surface area contributed by atoms with E-state index in [9.17, 15) is 0 Å². The Morgan fingerprint density at radius 2 is 1.81 bits per heavy atom. The molecule has 0 amide bonds. The fourth-order valence-electron chi connectivity index (χ4n) is 2.37. The van der Waals surface area contributed by atoms with E-state index in [0.29, 0.717) is 11.8 Å². The molecule has 5 heteroatoms. The highest BCUT2D eigenvalue weighted by Gasteiger charge is 2.26. The summed E-state index contributed by atoms with van der Waals surface area (Å²) in [5.74, 6) is 5.11. The summed E-state index contributed by atoms with van der Waals surface area (Å²) in [6.07, 6.45) is 3.45. The van der Waals surface area contributed by atoms with E-state index in [1.54, 1.807) is 0 Å². The second-order valence-electron chi connectivity index (χ2n) is 4.56. The number of aromatic nitrogens is 2. The highest BCUT2D eigenvalue weighted by atomic mass is 32.2. The molecule has 2 fully saturated rings. The van der Waals surface area contributed by atoms with Crippen LogP contribution >= 0.6 is 11.8 Å². The van der Waals surface area contributed by atoms with E-state index in [2.05, 4.69) is 15.5 Å². The first kappa shape index (κ1) is 10.6. The quantitative estimate of drug-likeness (QED) is 0.852. The van der Waals surface area contributed by atoms with Gasteiger partial charge in [-0.2, -0.15) is 11.8 Å². The fraction of sp³-hybridized carbons (Fsp3) is 0.818. The van der Waals surface area contributed by atoms with Crippen molar-refractivity contribution in [2.75, 3.05) is 24.6 Å². The molecule has 1 aromatic rings. The molecule has 1 atom stereocenters. The van der Waals surface area contributed by atoms with Crippen LogP contribution in [-0.4, -0.2) is 34.8 Å². The molecule has 0 bridgehead atoms. The Hall–Kier alpha value is -0.550. The van der Waals surface area contributed by atoms with Crippen LogP contribution in [0.1, 0.15) is 42.9 Å². The van der Waals surface area contributed by atoms with Gasteiger partial charge in [0.15, 0.2) is 0 Å². The van der Waals surface area contributed by atoms with Crippen molar-refractivity contribution < 1.29 is 4.42 Å². The molecule has 1 N–H and O–H groups in total. The van der Waals surface area contributed by atoms with E-state index in [1.165, 1.54) is 12.2 Å². The second kappa shape index (κ2) is 4.75. The summed E-state index contributed by atoms with van der Waals surface area (Å²) in [6.45, 7) is 2.14. The third-order valence-electron chi connectivity index (χ3n) is 3.42. The van der Waals surface area contributed by atoms with Crippen LogP contribution in [0, 0.1) is 0 Å². The van der Waals surface area contributed by atoms with Crippen LogP contribution in [0.25, 0.3) is 0 Å². The van der Waals surface area contributed by atoms with Crippen molar-refractivity contribution in [3.8, 4) is 0 Å². The van der Waals surface area contributed by atoms with Crippen LogP contribution < -0.4 is 5.32 Å². The van der Waals surface area contributed by atoms with E-state index in [4.69, 9.17) is 4.42 Å². The summed E-state index contributed by atoms with van der Waals surface area (Å²) in [7, 11) is 0. The fourth-order valence-corrected chi connectivity index (χ4v) is 3.59. The normalized spacial score (nSPS) is 27.4. The monoisotopic (exact) mass is 239 g/mol. The summed E-state index contributed by atoms with van der Waals surface area (Å²) in [5, 5.41) is 11.8. The van der Waals surface area contributed by atoms with E-state index in [0.717, 1.165) is 43.5 Å². The van der Waals surface area contributed by atoms with Crippen molar-refractivity contribution in [2.45, 2.75) is 31.1 Å². The van der Waals surface area contributed by atoms with Gasteiger partial charge in [-0.25, -0.2) is 0 Å². The summed E-state index contributed by atoms with van der Waals surface area (Å²) in [5.41, 5.74) is 0. The van der Waals surface area contributed by atoms with Crippen molar-refractivity contribution in [2.24, 2.45) is 0 Å². The molecule has 3 heterocycles. The molecule has 1 aromatic heterocycles. The zero-order valence-electron chi connectivity index (χ0n) is 9.32. The molecular weight excluding hydrogens is 222 g/mol. The highest BCUT2D eigenvalue weighted by molar-refractivity contribution is 7.99. The van der Waals surface area contributed by atoms with Crippen LogP contribution in [0.3, 0.4) is 0 Å². The third-order valence-corrected chi connectivity index (χ3v) is 4.59.